The van der Waals surface area contributed by atoms with E-state index in [1.807, 2.05) is 37.3 Å². The van der Waals surface area contributed by atoms with E-state index >= 15 is 0 Å². The fourth-order valence-corrected chi connectivity index (χ4v) is 2.09. The first-order valence-corrected chi connectivity index (χ1v) is 6.42. The Kier molecular flexibility index (Phi) is 3.25. The lowest BCUT2D eigenvalue weighted by Crippen LogP contribution is -1.94. The molecule has 2 aromatic rings. The maximum Gasteiger partial charge on any atom is 0.231 e. The average Bonchev–Trinajstić information content (AvgIpc) is 2.93. The van der Waals surface area contributed by atoms with Crippen molar-refractivity contribution < 1.29 is 14.3 Å². The second-order valence-electron chi connectivity index (χ2n) is 4.62. The summed E-state index contributed by atoms with van der Waals surface area (Å²) in [6, 6.07) is 13.2. The van der Waals surface area contributed by atoms with Crippen molar-refractivity contribution in [1.82, 2.24) is 0 Å². The second-order valence-corrected chi connectivity index (χ2v) is 4.62. The maximum absolute atomic E-state index is 12.1. The third kappa shape index (κ3) is 2.43. The Morgan fingerprint density at radius 3 is 2.75 bits per heavy atom. The van der Waals surface area contributed by atoms with Crippen molar-refractivity contribution in [2.45, 2.75) is 6.92 Å². The summed E-state index contributed by atoms with van der Waals surface area (Å²) in [5, 5.41) is 0. The van der Waals surface area contributed by atoms with E-state index in [-0.39, 0.29) is 12.6 Å². The van der Waals surface area contributed by atoms with Crippen LogP contribution in [0.3, 0.4) is 0 Å². The van der Waals surface area contributed by atoms with Crippen molar-refractivity contribution in [3.63, 3.8) is 0 Å². The standard InChI is InChI=1S/C17H14O3/c1-12-4-2-3-5-13(12)6-8-15(18)14-7-9-16-17(10-14)20-11-19-16/h2-10H,11H2,1H3/b8-6+. The second kappa shape index (κ2) is 5.21. The molecule has 3 nitrogen and oxygen atoms in total. The summed E-state index contributed by atoms with van der Waals surface area (Å²) in [6.45, 7) is 2.23. The van der Waals surface area contributed by atoms with Crippen LogP contribution in [0.5, 0.6) is 11.5 Å². The summed E-state index contributed by atoms with van der Waals surface area (Å²) in [5.74, 6) is 1.26. The van der Waals surface area contributed by atoms with E-state index in [1.165, 1.54) is 0 Å². The van der Waals surface area contributed by atoms with Gasteiger partial charge in [-0.25, -0.2) is 0 Å². The number of aryl methyl sites for hydroxylation is 1. The SMILES string of the molecule is Cc1ccccc1/C=C/C(=O)c1ccc2c(c1)OCO2. The predicted octanol–water partition coefficient (Wildman–Crippen LogP) is 3.62. The van der Waals surface area contributed by atoms with E-state index in [0.717, 1.165) is 11.1 Å². The van der Waals surface area contributed by atoms with Gasteiger partial charge in [0.25, 0.3) is 0 Å². The number of hydrogen-bond donors (Lipinski definition) is 0. The maximum atomic E-state index is 12.1. The van der Waals surface area contributed by atoms with Gasteiger partial charge in [-0.15, -0.1) is 0 Å². The molecule has 0 fully saturated rings. The zero-order valence-electron chi connectivity index (χ0n) is 11.1. The quantitative estimate of drug-likeness (QED) is 0.628. The van der Waals surface area contributed by atoms with Crippen molar-refractivity contribution in [2.24, 2.45) is 0 Å². The molecule has 0 aromatic heterocycles. The van der Waals surface area contributed by atoms with Gasteiger partial charge in [-0.05, 0) is 42.3 Å². The van der Waals surface area contributed by atoms with Gasteiger partial charge in [0, 0.05) is 5.56 Å². The molecule has 0 unspecified atom stereocenters. The predicted molar refractivity (Wildman–Crippen MR) is 77.1 cm³/mol. The number of ether oxygens (including phenoxy) is 2. The molecule has 1 heterocycles. The molecular formula is C17H14O3. The number of allylic oxidation sites excluding steroid dienone is 1. The van der Waals surface area contributed by atoms with Crippen LogP contribution in [-0.2, 0) is 0 Å². The Bertz CT molecular complexity index is 686. The largest absolute Gasteiger partial charge is 0.454 e. The number of carbonyl (C=O) groups excluding carboxylic acids is 1. The van der Waals surface area contributed by atoms with Crippen molar-refractivity contribution in [3.05, 3.63) is 65.2 Å². The molecule has 3 rings (SSSR count). The summed E-state index contributed by atoms with van der Waals surface area (Å²) in [4.78, 5) is 12.1. The van der Waals surface area contributed by atoms with Gasteiger partial charge in [-0.1, -0.05) is 30.3 Å². The summed E-state index contributed by atoms with van der Waals surface area (Å²) in [5.41, 5.74) is 2.78. The van der Waals surface area contributed by atoms with Crippen molar-refractivity contribution in [3.8, 4) is 11.5 Å². The summed E-state index contributed by atoms with van der Waals surface area (Å²) >= 11 is 0. The van der Waals surface area contributed by atoms with E-state index in [2.05, 4.69) is 0 Å². The molecule has 0 aliphatic carbocycles. The number of carbonyl (C=O) groups is 1. The average molecular weight is 266 g/mol. The molecule has 0 spiro atoms. The molecule has 0 radical (unpaired) electrons. The Morgan fingerprint density at radius 1 is 1.10 bits per heavy atom. The number of fused-ring (bicyclic) bond motifs is 1. The zero-order chi connectivity index (χ0) is 13.9. The molecule has 1 aliphatic rings. The normalized spacial score (nSPS) is 12.8. The van der Waals surface area contributed by atoms with Gasteiger partial charge >= 0.3 is 0 Å². The molecule has 2 aromatic carbocycles. The van der Waals surface area contributed by atoms with Gasteiger partial charge in [-0.3, -0.25) is 4.79 Å². The molecule has 1 aliphatic heterocycles. The van der Waals surface area contributed by atoms with Gasteiger partial charge in [0.1, 0.15) is 0 Å². The molecule has 0 saturated carbocycles. The monoisotopic (exact) mass is 266 g/mol. The Morgan fingerprint density at radius 2 is 1.90 bits per heavy atom. The van der Waals surface area contributed by atoms with Gasteiger partial charge in [0.05, 0.1) is 0 Å². The minimum absolute atomic E-state index is 0.0495. The van der Waals surface area contributed by atoms with Crippen molar-refractivity contribution >= 4 is 11.9 Å². The van der Waals surface area contributed by atoms with Crippen LogP contribution in [0.15, 0.2) is 48.5 Å². The highest BCUT2D eigenvalue weighted by Crippen LogP contribution is 2.32. The van der Waals surface area contributed by atoms with Gasteiger partial charge in [0.15, 0.2) is 17.3 Å². The number of rotatable bonds is 3. The first-order chi connectivity index (χ1) is 9.74. The third-order valence-corrected chi connectivity index (χ3v) is 3.26. The van der Waals surface area contributed by atoms with Crippen LogP contribution in [0.4, 0.5) is 0 Å². The first-order valence-electron chi connectivity index (χ1n) is 6.42. The first kappa shape index (κ1) is 12.5. The van der Waals surface area contributed by atoms with Crippen LogP contribution in [0.1, 0.15) is 21.5 Å². The molecule has 0 saturated heterocycles. The molecule has 0 bridgehead atoms. The van der Waals surface area contributed by atoms with E-state index in [0.29, 0.717) is 17.1 Å². The Labute approximate surface area is 117 Å². The van der Waals surface area contributed by atoms with Crippen molar-refractivity contribution in [2.75, 3.05) is 6.79 Å². The van der Waals surface area contributed by atoms with Crippen LogP contribution < -0.4 is 9.47 Å². The zero-order valence-corrected chi connectivity index (χ0v) is 11.1. The fourth-order valence-electron chi connectivity index (χ4n) is 2.09. The van der Waals surface area contributed by atoms with E-state index in [9.17, 15) is 4.79 Å². The lowest BCUT2D eigenvalue weighted by molar-refractivity contribution is 0.104. The highest BCUT2D eigenvalue weighted by molar-refractivity contribution is 6.07. The molecule has 20 heavy (non-hydrogen) atoms. The highest BCUT2D eigenvalue weighted by atomic mass is 16.7. The Hall–Kier alpha value is -2.55. The Balaban J connectivity index is 1.81. The summed E-state index contributed by atoms with van der Waals surface area (Å²) in [7, 11) is 0. The van der Waals surface area contributed by atoms with Crippen LogP contribution in [0, 0.1) is 6.92 Å². The lowest BCUT2D eigenvalue weighted by atomic mass is 10.1. The minimum Gasteiger partial charge on any atom is -0.454 e. The van der Waals surface area contributed by atoms with E-state index < -0.39 is 0 Å². The topological polar surface area (TPSA) is 35.5 Å². The van der Waals surface area contributed by atoms with Crippen LogP contribution in [0.25, 0.3) is 6.08 Å². The number of benzene rings is 2. The van der Waals surface area contributed by atoms with Crippen molar-refractivity contribution in [1.29, 1.82) is 0 Å². The molecule has 100 valence electrons. The van der Waals surface area contributed by atoms with Crippen LogP contribution >= 0.6 is 0 Å². The highest BCUT2D eigenvalue weighted by Gasteiger charge is 2.14. The smallest absolute Gasteiger partial charge is 0.231 e. The molecule has 0 amide bonds. The number of ketones is 1. The van der Waals surface area contributed by atoms with E-state index in [1.54, 1.807) is 24.3 Å². The molecule has 3 heteroatoms. The van der Waals surface area contributed by atoms with Gasteiger partial charge in [0.2, 0.25) is 6.79 Å². The lowest BCUT2D eigenvalue weighted by Gasteiger charge is -2.00. The van der Waals surface area contributed by atoms with Crippen LogP contribution in [-0.4, -0.2) is 12.6 Å². The molecular weight excluding hydrogens is 252 g/mol. The van der Waals surface area contributed by atoms with Gasteiger partial charge < -0.3 is 9.47 Å². The molecule has 0 N–H and O–H groups in total. The van der Waals surface area contributed by atoms with E-state index in [4.69, 9.17) is 9.47 Å². The third-order valence-electron chi connectivity index (χ3n) is 3.26. The molecule has 0 atom stereocenters. The minimum atomic E-state index is -0.0495. The summed E-state index contributed by atoms with van der Waals surface area (Å²) < 4.78 is 10.5. The number of hydrogen-bond acceptors (Lipinski definition) is 3. The fraction of sp³-hybridized carbons (Fsp3) is 0.118. The summed E-state index contributed by atoms with van der Waals surface area (Å²) in [6.07, 6.45) is 3.42. The van der Waals surface area contributed by atoms with Gasteiger partial charge in [-0.2, -0.15) is 0 Å². The van der Waals surface area contributed by atoms with Crippen LogP contribution in [0.2, 0.25) is 0 Å².